The first-order valence-corrected chi connectivity index (χ1v) is 8.88. The van der Waals surface area contributed by atoms with Crippen LogP contribution in [0.15, 0.2) is 48.5 Å². The molecule has 144 valence electrons. The first kappa shape index (κ1) is 19.2. The lowest BCUT2D eigenvalue weighted by molar-refractivity contribution is -0.384. The summed E-state index contributed by atoms with van der Waals surface area (Å²) in [5.74, 6) is -1.66. The Balaban J connectivity index is 1.65. The minimum atomic E-state index is -0.700. The van der Waals surface area contributed by atoms with E-state index in [-0.39, 0.29) is 22.7 Å². The van der Waals surface area contributed by atoms with Crippen LogP contribution in [-0.4, -0.2) is 40.6 Å². The van der Waals surface area contributed by atoms with E-state index in [4.69, 9.17) is 0 Å². The van der Waals surface area contributed by atoms with E-state index in [1.807, 2.05) is 37.3 Å². The van der Waals surface area contributed by atoms with Crippen LogP contribution in [0.4, 0.5) is 5.69 Å². The number of rotatable bonds is 7. The second-order valence-electron chi connectivity index (χ2n) is 6.50. The third-order valence-electron chi connectivity index (χ3n) is 4.78. The van der Waals surface area contributed by atoms with E-state index in [0.717, 1.165) is 23.0 Å². The Morgan fingerprint density at radius 2 is 1.79 bits per heavy atom. The zero-order valence-corrected chi connectivity index (χ0v) is 15.3. The number of nitrogens with zero attached hydrogens (tertiary/aromatic N) is 2. The maximum absolute atomic E-state index is 12.4. The number of nitrogens with one attached hydrogen (secondary N) is 1. The Bertz CT molecular complexity index is 942. The van der Waals surface area contributed by atoms with Gasteiger partial charge in [-0.25, -0.2) is 0 Å². The molecule has 0 saturated carbocycles. The van der Waals surface area contributed by atoms with E-state index in [2.05, 4.69) is 5.32 Å². The van der Waals surface area contributed by atoms with Crippen molar-refractivity contribution in [2.24, 2.45) is 0 Å². The van der Waals surface area contributed by atoms with Gasteiger partial charge in [0, 0.05) is 24.6 Å². The Morgan fingerprint density at radius 1 is 1.11 bits per heavy atom. The summed E-state index contributed by atoms with van der Waals surface area (Å²) < 4.78 is 0. The van der Waals surface area contributed by atoms with E-state index < -0.39 is 29.2 Å². The summed E-state index contributed by atoms with van der Waals surface area (Å²) in [7, 11) is 0. The van der Waals surface area contributed by atoms with Crippen LogP contribution in [0.2, 0.25) is 0 Å². The average molecular weight is 381 g/mol. The number of non-ortho nitro benzene ring substituents is 1. The molecule has 1 atom stereocenters. The fraction of sp³-hybridized carbons (Fsp3) is 0.250. The molecule has 0 bridgehead atoms. The molecule has 1 aliphatic heterocycles. The average Bonchev–Trinajstić information content (AvgIpc) is 2.93. The third-order valence-corrected chi connectivity index (χ3v) is 4.78. The van der Waals surface area contributed by atoms with Gasteiger partial charge in [-0.2, -0.15) is 0 Å². The maximum Gasteiger partial charge on any atom is 0.270 e. The maximum atomic E-state index is 12.4. The van der Waals surface area contributed by atoms with Gasteiger partial charge >= 0.3 is 0 Å². The zero-order valence-electron chi connectivity index (χ0n) is 15.3. The minimum absolute atomic E-state index is 0.0530. The van der Waals surface area contributed by atoms with E-state index in [0.29, 0.717) is 6.54 Å². The van der Waals surface area contributed by atoms with Gasteiger partial charge in [-0.1, -0.05) is 37.3 Å². The van der Waals surface area contributed by atoms with Gasteiger partial charge in [-0.3, -0.25) is 29.4 Å². The predicted octanol–water partition coefficient (Wildman–Crippen LogP) is 2.50. The third kappa shape index (κ3) is 3.75. The van der Waals surface area contributed by atoms with Crippen LogP contribution in [0, 0.1) is 10.1 Å². The minimum Gasteiger partial charge on any atom is -0.354 e. The number of hydrogen-bond acceptors (Lipinski definition) is 5. The summed E-state index contributed by atoms with van der Waals surface area (Å²) >= 11 is 0. The summed E-state index contributed by atoms with van der Waals surface area (Å²) in [6, 6.07) is 13.2. The van der Waals surface area contributed by atoms with Crippen molar-refractivity contribution >= 4 is 23.4 Å². The van der Waals surface area contributed by atoms with E-state index in [9.17, 15) is 24.5 Å². The Morgan fingerprint density at radius 3 is 2.43 bits per heavy atom. The fourth-order valence-electron chi connectivity index (χ4n) is 3.20. The monoisotopic (exact) mass is 381 g/mol. The molecule has 2 aromatic carbocycles. The molecular weight excluding hydrogens is 362 g/mol. The second kappa shape index (κ2) is 7.99. The topological polar surface area (TPSA) is 110 Å². The van der Waals surface area contributed by atoms with Gasteiger partial charge in [0.1, 0.15) is 6.54 Å². The molecule has 0 spiro atoms. The first-order chi connectivity index (χ1) is 13.4. The normalized spacial score (nSPS) is 14.0. The van der Waals surface area contributed by atoms with Crippen molar-refractivity contribution in [1.29, 1.82) is 0 Å². The molecule has 0 aromatic heterocycles. The van der Waals surface area contributed by atoms with Gasteiger partial charge in [-0.15, -0.1) is 0 Å². The molecule has 8 nitrogen and oxygen atoms in total. The smallest absolute Gasteiger partial charge is 0.270 e. The van der Waals surface area contributed by atoms with Crippen molar-refractivity contribution in [2.75, 3.05) is 13.1 Å². The van der Waals surface area contributed by atoms with E-state index >= 15 is 0 Å². The lowest BCUT2D eigenvalue weighted by Gasteiger charge is -2.18. The molecule has 8 heteroatoms. The number of imide groups is 1. The summed E-state index contributed by atoms with van der Waals surface area (Å²) in [5.41, 5.74) is 0.833. The molecule has 3 amide bonds. The Kier molecular flexibility index (Phi) is 5.49. The van der Waals surface area contributed by atoms with E-state index in [1.54, 1.807) is 0 Å². The Labute approximate surface area is 161 Å². The molecule has 1 heterocycles. The summed E-state index contributed by atoms with van der Waals surface area (Å²) in [4.78, 5) is 48.2. The highest BCUT2D eigenvalue weighted by atomic mass is 16.6. The molecule has 2 aromatic rings. The highest BCUT2D eigenvalue weighted by Gasteiger charge is 2.37. The molecule has 28 heavy (non-hydrogen) atoms. The van der Waals surface area contributed by atoms with Crippen LogP contribution in [0.1, 0.15) is 45.5 Å². The van der Waals surface area contributed by atoms with Crippen molar-refractivity contribution in [1.82, 2.24) is 10.2 Å². The number of benzene rings is 2. The van der Waals surface area contributed by atoms with Crippen LogP contribution >= 0.6 is 0 Å². The van der Waals surface area contributed by atoms with Crippen molar-refractivity contribution in [3.8, 4) is 0 Å². The molecule has 0 aliphatic carbocycles. The fourth-order valence-corrected chi connectivity index (χ4v) is 3.20. The van der Waals surface area contributed by atoms with Gasteiger partial charge in [0.25, 0.3) is 17.5 Å². The molecule has 1 unspecified atom stereocenters. The molecule has 1 N–H and O–H groups in total. The molecule has 1 aliphatic rings. The standard InChI is InChI=1S/C20H19N3O5/c1-2-13(14-6-4-3-5-7-14)11-21-18(24)12-22-19(25)16-9-8-15(23(27)28)10-17(16)20(22)26/h3-10,13H,2,11-12H2,1H3,(H,21,24). The van der Waals surface area contributed by atoms with Gasteiger partial charge in [0.2, 0.25) is 5.91 Å². The lowest BCUT2D eigenvalue weighted by atomic mass is 9.96. The number of carbonyl (C=O) groups is 3. The highest BCUT2D eigenvalue weighted by molar-refractivity contribution is 6.22. The summed E-state index contributed by atoms with van der Waals surface area (Å²) in [5, 5.41) is 13.6. The number of fused-ring (bicyclic) bond motifs is 1. The van der Waals surface area contributed by atoms with Crippen molar-refractivity contribution < 1.29 is 19.3 Å². The summed E-state index contributed by atoms with van der Waals surface area (Å²) in [6.07, 6.45) is 0.820. The number of amides is 3. The number of carbonyl (C=O) groups excluding carboxylic acids is 3. The summed E-state index contributed by atoms with van der Waals surface area (Å²) in [6.45, 7) is 1.97. The van der Waals surface area contributed by atoms with E-state index in [1.165, 1.54) is 12.1 Å². The Hall–Kier alpha value is -3.55. The highest BCUT2D eigenvalue weighted by Crippen LogP contribution is 2.26. The molecule has 0 fully saturated rings. The van der Waals surface area contributed by atoms with Gasteiger partial charge in [0.15, 0.2) is 0 Å². The van der Waals surface area contributed by atoms with Gasteiger partial charge in [-0.05, 0) is 18.1 Å². The van der Waals surface area contributed by atoms with Crippen LogP contribution < -0.4 is 5.32 Å². The van der Waals surface area contributed by atoms with Crippen LogP contribution in [0.25, 0.3) is 0 Å². The van der Waals surface area contributed by atoms with Crippen molar-refractivity contribution in [2.45, 2.75) is 19.3 Å². The van der Waals surface area contributed by atoms with Crippen molar-refractivity contribution in [3.63, 3.8) is 0 Å². The van der Waals surface area contributed by atoms with Crippen LogP contribution in [-0.2, 0) is 4.79 Å². The number of nitro groups is 1. The molecule has 0 saturated heterocycles. The lowest BCUT2D eigenvalue weighted by Crippen LogP contribution is -2.41. The van der Waals surface area contributed by atoms with Gasteiger partial charge < -0.3 is 5.32 Å². The van der Waals surface area contributed by atoms with Crippen molar-refractivity contribution in [3.05, 3.63) is 75.3 Å². The largest absolute Gasteiger partial charge is 0.354 e. The molecule has 3 rings (SSSR count). The van der Waals surface area contributed by atoms with Crippen LogP contribution in [0.3, 0.4) is 0 Å². The SMILES string of the molecule is CCC(CNC(=O)CN1C(=O)c2ccc([N+](=O)[O-])cc2C1=O)c1ccccc1. The first-order valence-electron chi connectivity index (χ1n) is 8.88. The van der Waals surface area contributed by atoms with Gasteiger partial charge in [0.05, 0.1) is 16.1 Å². The number of hydrogen-bond donors (Lipinski definition) is 1. The number of nitro benzene ring substituents is 1. The quantitative estimate of drug-likeness (QED) is 0.450. The molecule has 0 radical (unpaired) electrons. The predicted molar refractivity (Wildman–Crippen MR) is 101 cm³/mol. The van der Waals surface area contributed by atoms with Crippen LogP contribution in [0.5, 0.6) is 0 Å². The molecular formula is C20H19N3O5. The zero-order chi connectivity index (χ0) is 20.3. The second-order valence-corrected chi connectivity index (χ2v) is 6.50.